The van der Waals surface area contributed by atoms with E-state index in [9.17, 15) is 9.59 Å². The van der Waals surface area contributed by atoms with Gasteiger partial charge in [0.15, 0.2) is 5.82 Å². The zero-order valence-corrected chi connectivity index (χ0v) is 13.9. The summed E-state index contributed by atoms with van der Waals surface area (Å²) in [5.74, 6) is 0.716. The minimum absolute atomic E-state index is 0.300. The molecule has 122 valence electrons. The van der Waals surface area contributed by atoms with Gasteiger partial charge in [0.1, 0.15) is 5.82 Å². The van der Waals surface area contributed by atoms with Crippen LogP contribution in [0.25, 0.3) is 0 Å². The lowest BCUT2D eigenvalue weighted by Crippen LogP contribution is -2.31. The third kappa shape index (κ3) is 2.18. The van der Waals surface area contributed by atoms with E-state index in [1.807, 2.05) is 37.4 Å². The molecular formula is C16H15N5O2S. The van der Waals surface area contributed by atoms with Crippen LogP contribution in [0.1, 0.15) is 28.3 Å². The second-order valence-corrected chi connectivity index (χ2v) is 6.52. The van der Waals surface area contributed by atoms with Crippen molar-refractivity contribution in [3.05, 3.63) is 67.5 Å². The highest BCUT2D eigenvalue weighted by molar-refractivity contribution is 7.98. The van der Waals surface area contributed by atoms with Gasteiger partial charge in [-0.3, -0.25) is 19.9 Å². The monoisotopic (exact) mass is 341 g/mol. The molecule has 1 aliphatic rings. The summed E-state index contributed by atoms with van der Waals surface area (Å²) in [6.07, 6.45) is 2.02. The maximum Gasteiger partial charge on any atom is 0.327 e. The zero-order valence-electron chi connectivity index (χ0n) is 13.1. The maximum atomic E-state index is 12.5. The van der Waals surface area contributed by atoms with Gasteiger partial charge < -0.3 is 5.32 Å². The molecule has 0 saturated heterocycles. The van der Waals surface area contributed by atoms with E-state index in [1.165, 1.54) is 0 Å². The van der Waals surface area contributed by atoms with Crippen LogP contribution < -0.4 is 16.6 Å². The number of hydrogen-bond donors (Lipinski definition) is 4. The molecule has 8 heteroatoms. The van der Waals surface area contributed by atoms with Crippen LogP contribution in [0, 0.1) is 6.92 Å². The van der Waals surface area contributed by atoms with Crippen LogP contribution in [-0.4, -0.2) is 26.4 Å². The Kier molecular flexibility index (Phi) is 3.34. The first-order chi connectivity index (χ1) is 11.6. The summed E-state index contributed by atoms with van der Waals surface area (Å²) < 4.78 is 0. The average Bonchev–Trinajstić information content (AvgIpc) is 2.94. The van der Waals surface area contributed by atoms with Crippen LogP contribution in [0.3, 0.4) is 0 Å². The highest BCUT2D eigenvalue weighted by Gasteiger charge is 2.33. The maximum absolute atomic E-state index is 12.5. The van der Waals surface area contributed by atoms with Gasteiger partial charge in [0.05, 0.1) is 5.56 Å². The van der Waals surface area contributed by atoms with Crippen molar-refractivity contribution in [2.75, 3.05) is 11.6 Å². The summed E-state index contributed by atoms with van der Waals surface area (Å²) in [6.45, 7) is 1.92. The molecule has 1 aromatic carbocycles. The highest BCUT2D eigenvalue weighted by Crippen LogP contribution is 2.42. The molecule has 0 spiro atoms. The lowest BCUT2D eigenvalue weighted by Gasteiger charge is -2.25. The summed E-state index contributed by atoms with van der Waals surface area (Å²) in [7, 11) is 0. The minimum atomic E-state index is -0.543. The van der Waals surface area contributed by atoms with E-state index >= 15 is 0 Å². The topological polar surface area (TPSA) is 106 Å². The molecule has 24 heavy (non-hydrogen) atoms. The van der Waals surface area contributed by atoms with E-state index in [-0.39, 0.29) is 5.92 Å². The standard InChI is InChI=1S/C16H15N5O2S/c1-7-10-11(8-3-5-9(24-2)6-4-8)12-13(17-14(10)21-20-7)18-16(23)19-15(12)22/h3-6,11H,1-2H3,(H4,17,18,19,20,21,22,23)/t11-/m0/s1. The quantitative estimate of drug-likeness (QED) is 0.418. The Hall–Kier alpha value is -2.74. The molecule has 3 heterocycles. The summed E-state index contributed by atoms with van der Waals surface area (Å²) in [4.78, 5) is 30.2. The smallest absolute Gasteiger partial charge is 0.324 e. The van der Waals surface area contributed by atoms with Crippen LogP contribution in [0.5, 0.6) is 0 Å². The number of fused-ring (bicyclic) bond motifs is 2. The normalized spacial score (nSPS) is 15.5. The van der Waals surface area contributed by atoms with E-state index in [0.717, 1.165) is 21.7 Å². The molecule has 0 radical (unpaired) electrons. The largest absolute Gasteiger partial charge is 0.327 e. The van der Waals surface area contributed by atoms with Gasteiger partial charge in [0.25, 0.3) is 5.56 Å². The Morgan fingerprint density at radius 2 is 1.83 bits per heavy atom. The van der Waals surface area contributed by atoms with Gasteiger partial charge in [-0.25, -0.2) is 4.79 Å². The molecule has 4 rings (SSSR count). The number of nitrogens with zero attached hydrogens (tertiary/aromatic N) is 1. The molecule has 0 fully saturated rings. The lowest BCUT2D eigenvalue weighted by molar-refractivity contribution is 0.880. The van der Waals surface area contributed by atoms with Crippen molar-refractivity contribution in [3.8, 4) is 0 Å². The van der Waals surface area contributed by atoms with Gasteiger partial charge in [-0.1, -0.05) is 12.1 Å². The van der Waals surface area contributed by atoms with E-state index in [2.05, 4.69) is 25.5 Å². The second kappa shape index (κ2) is 5.41. The number of aromatic amines is 3. The van der Waals surface area contributed by atoms with Crippen molar-refractivity contribution in [3.63, 3.8) is 0 Å². The summed E-state index contributed by atoms with van der Waals surface area (Å²) >= 11 is 1.66. The molecule has 7 nitrogen and oxygen atoms in total. The van der Waals surface area contributed by atoms with Crippen molar-refractivity contribution in [2.45, 2.75) is 17.7 Å². The first-order valence-electron chi connectivity index (χ1n) is 7.41. The summed E-state index contributed by atoms with van der Waals surface area (Å²) in [5.41, 5.74) is 2.32. The molecule has 0 amide bonds. The Labute approximate surface area is 140 Å². The number of aromatic nitrogens is 4. The third-order valence-corrected chi connectivity index (χ3v) is 4.99. The van der Waals surface area contributed by atoms with Gasteiger partial charge in [-0.2, -0.15) is 5.10 Å². The van der Waals surface area contributed by atoms with Crippen LogP contribution in [0.2, 0.25) is 0 Å². The molecule has 4 N–H and O–H groups in total. The van der Waals surface area contributed by atoms with E-state index in [1.54, 1.807) is 11.8 Å². The molecule has 1 atom stereocenters. The van der Waals surface area contributed by atoms with Crippen LogP contribution in [-0.2, 0) is 0 Å². The molecule has 0 unspecified atom stereocenters. The molecular weight excluding hydrogens is 326 g/mol. The predicted molar refractivity (Wildman–Crippen MR) is 93.5 cm³/mol. The SMILES string of the molecule is CSc1ccc([C@H]2c3c(n[nH]c3C)Nc3[nH]c(=O)[nH]c(=O)c32)cc1. The van der Waals surface area contributed by atoms with Crippen molar-refractivity contribution in [1.82, 2.24) is 20.2 Å². The fourth-order valence-corrected chi connectivity index (χ4v) is 3.56. The van der Waals surface area contributed by atoms with Crippen LogP contribution in [0.15, 0.2) is 38.8 Å². The Morgan fingerprint density at radius 3 is 2.54 bits per heavy atom. The van der Waals surface area contributed by atoms with Crippen molar-refractivity contribution in [1.29, 1.82) is 0 Å². The molecule has 0 bridgehead atoms. The number of benzene rings is 1. The first-order valence-corrected chi connectivity index (χ1v) is 8.63. The lowest BCUT2D eigenvalue weighted by atomic mass is 9.83. The Bertz CT molecular complexity index is 1030. The zero-order chi connectivity index (χ0) is 16.8. The summed E-state index contributed by atoms with van der Waals surface area (Å²) in [5, 5.41) is 10.2. The predicted octanol–water partition coefficient (Wildman–Crippen LogP) is 2.05. The highest BCUT2D eigenvalue weighted by atomic mass is 32.2. The van der Waals surface area contributed by atoms with Gasteiger partial charge >= 0.3 is 5.69 Å². The number of aryl methyl sites for hydroxylation is 1. The summed E-state index contributed by atoms with van der Waals surface area (Å²) in [6, 6.07) is 8.06. The van der Waals surface area contributed by atoms with Gasteiger partial charge in [-0.15, -0.1) is 11.8 Å². The third-order valence-electron chi connectivity index (χ3n) is 4.24. The second-order valence-electron chi connectivity index (χ2n) is 5.64. The number of hydrogen-bond acceptors (Lipinski definition) is 5. The fourth-order valence-electron chi connectivity index (χ4n) is 3.15. The van der Waals surface area contributed by atoms with Crippen molar-refractivity contribution in [2.24, 2.45) is 0 Å². The number of rotatable bonds is 2. The number of nitrogens with one attached hydrogen (secondary N) is 4. The van der Waals surface area contributed by atoms with Crippen LogP contribution >= 0.6 is 11.8 Å². The minimum Gasteiger partial charge on any atom is -0.324 e. The molecule has 3 aromatic rings. The Morgan fingerprint density at radius 1 is 1.08 bits per heavy atom. The van der Waals surface area contributed by atoms with E-state index < -0.39 is 11.2 Å². The molecule has 2 aromatic heterocycles. The van der Waals surface area contributed by atoms with Gasteiger partial charge in [-0.05, 0) is 30.9 Å². The van der Waals surface area contributed by atoms with Crippen molar-refractivity contribution < 1.29 is 0 Å². The van der Waals surface area contributed by atoms with Gasteiger partial charge in [0.2, 0.25) is 0 Å². The Balaban J connectivity index is 1.99. The first kappa shape index (κ1) is 14.8. The molecule has 0 saturated carbocycles. The van der Waals surface area contributed by atoms with Crippen molar-refractivity contribution >= 4 is 23.4 Å². The number of thioether (sulfide) groups is 1. The number of anilines is 2. The average molecular weight is 341 g/mol. The van der Waals surface area contributed by atoms with E-state index in [0.29, 0.717) is 17.2 Å². The van der Waals surface area contributed by atoms with Crippen LogP contribution in [0.4, 0.5) is 11.6 Å². The van der Waals surface area contributed by atoms with E-state index in [4.69, 9.17) is 0 Å². The van der Waals surface area contributed by atoms with Gasteiger partial charge in [0, 0.05) is 22.1 Å². The molecule has 1 aliphatic heterocycles. The number of H-pyrrole nitrogens is 3. The fraction of sp³-hybridized carbons (Fsp3) is 0.188. The molecule has 0 aliphatic carbocycles.